The quantitative estimate of drug-likeness (QED) is 0.571. The third-order valence-electron chi connectivity index (χ3n) is 2.27. The number of hydrogen-bond donors (Lipinski definition) is 0. The van der Waals surface area contributed by atoms with Crippen molar-refractivity contribution in [2.45, 2.75) is 19.4 Å². The SMILES string of the molecule is CC1C(=O)N(C)Cc2oncc21. The minimum Gasteiger partial charge on any atom is -0.359 e. The van der Waals surface area contributed by atoms with Gasteiger partial charge in [0.25, 0.3) is 0 Å². The van der Waals surface area contributed by atoms with Crippen molar-refractivity contribution >= 4 is 5.91 Å². The van der Waals surface area contributed by atoms with E-state index in [0.29, 0.717) is 6.54 Å². The molecule has 0 fully saturated rings. The van der Waals surface area contributed by atoms with Crippen molar-refractivity contribution in [2.75, 3.05) is 7.05 Å². The Labute approximate surface area is 70.1 Å². The van der Waals surface area contributed by atoms with Gasteiger partial charge < -0.3 is 9.42 Å². The summed E-state index contributed by atoms with van der Waals surface area (Å²) in [5.41, 5.74) is 0.929. The molecule has 2 rings (SSSR count). The highest BCUT2D eigenvalue weighted by molar-refractivity contribution is 5.84. The molecule has 1 aliphatic rings. The largest absolute Gasteiger partial charge is 0.359 e. The molecule has 0 saturated carbocycles. The average Bonchev–Trinajstić information content (AvgIpc) is 2.48. The first-order chi connectivity index (χ1) is 5.70. The molecule has 0 spiro atoms. The summed E-state index contributed by atoms with van der Waals surface area (Å²) in [4.78, 5) is 13.1. The van der Waals surface area contributed by atoms with E-state index in [1.54, 1.807) is 18.1 Å². The standard InChI is InChI=1S/C8H10N2O2/c1-5-6-3-9-12-7(6)4-10(2)8(5)11/h3,5H,4H2,1-2H3. The molecule has 4 heteroatoms. The van der Waals surface area contributed by atoms with Crippen molar-refractivity contribution in [3.63, 3.8) is 0 Å². The Hall–Kier alpha value is -1.32. The Balaban J connectivity index is 2.45. The number of aromatic nitrogens is 1. The lowest BCUT2D eigenvalue weighted by molar-refractivity contribution is -0.132. The minimum atomic E-state index is -0.106. The van der Waals surface area contributed by atoms with Crippen LogP contribution in [0.2, 0.25) is 0 Å². The molecule has 0 radical (unpaired) electrons. The third kappa shape index (κ3) is 0.841. The zero-order valence-corrected chi connectivity index (χ0v) is 7.07. The summed E-state index contributed by atoms with van der Waals surface area (Å²) in [6.07, 6.45) is 1.63. The van der Waals surface area contributed by atoms with E-state index < -0.39 is 0 Å². The van der Waals surface area contributed by atoms with Gasteiger partial charge in [-0.05, 0) is 6.92 Å². The summed E-state index contributed by atoms with van der Waals surface area (Å²) < 4.78 is 5.00. The van der Waals surface area contributed by atoms with Gasteiger partial charge in [0.15, 0.2) is 5.76 Å². The van der Waals surface area contributed by atoms with E-state index in [-0.39, 0.29) is 11.8 Å². The summed E-state index contributed by atoms with van der Waals surface area (Å²) in [7, 11) is 1.77. The number of rotatable bonds is 0. The van der Waals surface area contributed by atoms with Gasteiger partial charge in [-0.15, -0.1) is 0 Å². The van der Waals surface area contributed by atoms with E-state index >= 15 is 0 Å². The number of likely N-dealkylation sites (N-methyl/N-ethyl adjacent to an activating group) is 1. The zero-order valence-electron chi connectivity index (χ0n) is 7.07. The average molecular weight is 166 g/mol. The van der Waals surface area contributed by atoms with Crippen molar-refractivity contribution in [1.29, 1.82) is 0 Å². The Morgan fingerprint density at radius 3 is 3.25 bits per heavy atom. The lowest BCUT2D eigenvalue weighted by atomic mass is 9.97. The first-order valence-corrected chi connectivity index (χ1v) is 3.88. The van der Waals surface area contributed by atoms with E-state index in [0.717, 1.165) is 11.3 Å². The maximum atomic E-state index is 11.4. The highest BCUT2D eigenvalue weighted by atomic mass is 16.5. The first-order valence-electron chi connectivity index (χ1n) is 3.88. The Bertz CT molecular complexity index is 319. The fraction of sp³-hybridized carbons (Fsp3) is 0.500. The summed E-state index contributed by atoms with van der Waals surface area (Å²) >= 11 is 0. The fourth-order valence-electron chi connectivity index (χ4n) is 1.50. The topological polar surface area (TPSA) is 46.3 Å². The molecule has 0 aromatic carbocycles. The van der Waals surface area contributed by atoms with E-state index in [1.807, 2.05) is 6.92 Å². The molecule has 1 amide bonds. The molecule has 1 atom stereocenters. The van der Waals surface area contributed by atoms with Crippen molar-refractivity contribution in [2.24, 2.45) is 0 Å². The molecule has 1 unspecified atom stereocenters. The van der Waals surface area contributed by atoms with Crippen molar-refractivity contribution in [3.8, 4) is 0 Å². The summed E-state index contributed by atoms with van der Waals surface area (Å²) in [5, 5.41) is 3.67. The molecular formula is C8H10N2O2. The van der Waals surface area contributed by atoms with Gasteiger partial charge in [0, 0.05) is 12.6 Å². The molecule has 0 aliphatic carbocycles. The lowest BCUT2D eigenvalue weighted by Crippen LogP contribution is -2.34. The normalized spacial score (nSPS) is 22.7. The first kappa shape index (κ1) is 7.34. The van der Waals surface area contributed by atoms with Crippen LogP contribution in [0.4, 0.5) is 0 Å². The Kier molecular flexibility index (Phi) is 1.43. The maximum absolute atomic E-state index is 11.4. The van der Waals surface area contributed by atoms with Crippen molar-refractivity contribution in [3.05, 3.63) is 17.5 Å². The molecule has 64 valence electrons. The second kappa shape index (κ2) is 2.33. The summed E-state index contributed by atoms with van der Waals surface area (Å²) in [6, 6.07) is 0. The number of nitrogens with zero attached hydrogens (tertiary/aromatic N) is 2. The second-order valence-corrected chi connectivity index (χ2v) is 3.12. The van der Waals surface area contributed by atoms with Gasteiger partial charge >= 0.3 is 0 Å². The molecule has 0 saturated heterocycles. The van der Waals surface area contributed by atoms with Crippen LogP contribution < -0.4 is 0 Å². The van der Waals surface area contributed by atoms with Gasteiger partial charge in [0.05, 0.1) is 18.7 Å². The predicted octanol–water partition coefficient (Wildman–Crippen LogP) is 0.750. The highest BCUT2D eigenvalue weighted by Gasteiger charge is 2.30. The monoisotopic (exact) mass is 166 g/mol. The summed E-state index contributed by atoms with van der Waals surface area (Å²) in [6.45, 7) is 2.41. The molecular weight excluding hydrogens is 156 g/mol. The van der Waals surface area contributed by atoms with Gasteiger partial charge in [0.1, 0.15) is 0 Å². The molecule has 1 aliphatic heterocycles. The minimum absolute atomic E-state index is 0.106. The Morgan fingerprint density at radius 2 is 2.50 bits per heavy atom. The summed E-state index contributed by atoms with van der Waals surface area (Å²) in [5.74, 6) is 0.834. The number of carbonyl (C=O) groups excluding carboxylic acids is 1. The lowest BCUT2D eigenvalue weighted by Gasteiger charge is -2.25. The highest BCUT2D eigenvalue weighted by Crippen LogP contribution is 2.27. The number of carbonyl (C=O) groups is 1. The second-order valence-electron chi connectivity index (χ2n) is 3.12. The van der Waals surface area contributed by atoms with E-state index in [1.165, 1.54) is 0 Å². The van der Waals surface area contributed by atoms with Gasteiger partial charge in [-0.25, -0.2) is 0 Å². The van der Waals surface area contributed by atoms with Crippen molar-refractivity contribution in [1.82, 2.24) is 10.1 Å². The van der Waals surface area contributed by atoms with Gasteiger partial charge in [-0.2, -0.15) is 0 Å². The van der Waals surface area contributed by atoms with Crippen LogP contribution >= 0.6 is 0 Å². The van der Waals surface area contributed by atoms with Crippen LogP contribution in [-0.4, -0.2) is 23.0 Å². The molecule has 12 heavy (non-hydrogen) atoms. The maximum Gasteiger partial charge on any atom is 0.230 e. The van der Waals surface area contributed by atoms with Gasteiger partial charge in [-0.1, -0.05) is 5.16 Å². The van der Waals surface area contributed by atoms with Crippen LogP contribution in [0.5, 0.6) is 0 Å². The third-order valence-corrected chi connectivity index (χ3v) is 2.27. The van der Waals surface area contributed by atoms with Crippen LogP contribution in [-0.2, 0) is 11.3 Å². The smallest absolute Gasteiger partial charge is 0.230 e. The van der Waals surface area contributed by atoms with E-state index in [4.69, 9.17) is 4.52 Å². The molecule has 0 bridgehead atoms. The zero-order chi connectivity index (χ0) is 8.72. The van der Waals surface area contributed by atoms with E-state index in [9.17, 15) is 4.79 Å². The van der Waals surface area contributed by atoms with Gasteiger partial charge in [0.2, 0.25) is 5.91 Å². The number of amides is 1. The molecule has 4 nitrogen and oxygen atoms in total. The van der Waals surface area contributed by atoms with Gasteiger partial charge in [-0.3, -0.25) is 4.79 Å². The number of fused-ring (bicyclic) bond motifs is 1. The van der Waals surface area contributed by atoms with Crippen LogP contribution in [0.3, 0.4) is 0 Å². The molecule has 2 heterocycles. The van der Waals surface area contributed by atoms with Crippen LogP contribution in [0.1, 0.15) is 24.2 Å². The fourth-order valence-corrected chi connectivity index (χ4v) is 1.50. The Morgan fingerprint density at radius 1 is 1.75 bits per heavy atom. The molecule has 1 aromatic rings. The van der Waals surface area contributed by atoms with Crippen molar-refractivity contribution < 1.29 is 9.32 Å². The van der Waals surface area contributed by atoms with Crippen LogP contribution in [0, 0.1) is 0 Å². The predicted molar refractivity (Wildman–Crippen MR) is 41.4 cm³/mol. The molecule has 1 aromatic heterocycles. The van der Waals surface area contributed by atoms with Crippen LogP contribution in [0.25, 0.3) is 0 Å². The molecule has 0 N–H and O–H groups in total. The van der Waals surface area contributed by atoms with E-state index in [2.05, 4.69) is 5.16 Å². The van der Waals surface area contributed by atoms with Crippen LogP contribution in [0.15, 0.2) is 10.7 Å². The number of hydrogen-bond acceptors (Lipinski definition) is 3.